The zero-order valence-electron chi connectivity index (χ0n) is 15.1. The lowest BCUT2D eigenvalue weighted by Gasteiger charge is -2.36. The molecule has 2 aliphatic rings. The van der Waals surface area contributed by atoms with Crippen molar-refractivity contribution < 1.29 is 34.4 Å². The van der Waals surface area contributed by atoms with Gasteiger partial charge in [-0.25, -0.2) is 9.59 Å². The van der Waals surface area contributed by atoms with Gasteiger partial charge in [0.05, 0.1) is 11.1 Å². The molecule has 144 valence electrons. The molecular formula is C22H14O7. The van der Waals surface area contributed by atoms with Gasteiger partial charge in [0.25, 0.3) is 0 Å². The molecule has 1 spiro atoms. The fourth-order valence-electron chi connectivity index (χ4n) is 4.08. The molecule has 0 radical (unpaired) electrons. The number of phenols is 2. The normalized spacial score (nSPS) is 15.1. The van der Waals surface area contributed by atoms with Crippen molar-refractivity contribution in [1.29, 1.82) is 0 Å². The highest BCUT2D eigenvalue weighted by Gasteiger charge is 2.54. The largest absolute Gasteiger partial charge is 0.508 e. The topological polar surface area (TPSA) is 113 Å². The SMILES string of the molecule is Cc1cc2c(cc1C(=O)O)C1(OC2=O)c2ccc(O)cc2Oc2cc(O)ccc21. The summed E-state index contributed by atoms with van der Waals surface area (Å²) in [5.41, 5.74) is 0.540. The maximum atomic E-state index is 12.8. The third-order valence-electron chi connectivity index (χ3n) is 5.35. The minimum Gasteiger partial charge on any atom is -0.508 e. The van der Waals surface area contributed by atoms with Crippen LogP contribution in [-0.2, 0) is 10.3 Å². The van der Waals surface area contributed by atoms with Gasteiger partial charge in [0.15, 0.2) is 5.60 Å². The summed E-state index contributed by atoms with van der Waals surface area (Å²) in [7, 11) is 0. The van der Waals surface area contributed by atoms with Crippen molar-refractivity contribution in [3.63, 3.8) is 0 Å². The lowest BCUT2D eigenvalue weighted by atomic mass is 9.77. The highest BCUT2D eigenvalue weighted by Crippen LogP contribution is 2.57. The number of carboxylic acid groups (broad SMARTS) is 1. The van der Waals surface area contributed by atoms with Crippen LogP contribution >= 0.6 is 0 Å². The van der Waals surface area contributed by atoms with E-state index >= 15 is 0 Å². The summed E-state index contributed by atoms with van der Waals surface area (Å²) >= 11 is 0. The summed E-state index contributed by atoms with van der Waals surface area (Å²) in [4.78, 5) is 24.6. The monoisotopic (exact) mass is 390 g/mol. The first-order chi connectivity index (χ1) is 13.8. The van der Waals surface area contributed by atoms with Gasteiger partial charge in [-0.3, -0.25) is 0 Å². The van der Waals surface area contributed by atoms with Crippen LogP contribution in [-0.4, -0.2) is 27.3 Å². The molecule has 3 aromatic rings. The van der Waals surface area contributed by atoms with E-state index in [2.05, 4.69) is 0 Å². The Balaban J connectivity index is 1.91. The molecule has 0 amide bonds. The Bertz CT molecular complexity index is 1190. The molecule has 5 rings (SSSR count). The van der Waals surface area contributed by atoms with E-state index in [1.165, 1.54) is 36.4 Å². The average molecular weight is 390 g/mol. The molecule has 3 aromatic carbocycles. The van der Waals surface area contributed by atoms with Crippen LogP contribution in [0.4, 0.5) is 0 Å². The summed E-state index contributed by atoms with van der Waals surface area (Å²) < 4.78 is 11.8. The molecule has 0 aliphatic carbocycles. The maximum Gasteiger partial charge on any atom is 0.340 e. The van der Waals surface area contributed by atoms with Crippen LogP contribution in [0.2, 0.25) is 0 Å². The number of aryl methyl sites for hydroxylation is 1. The highest BCUT2D eigenvalue weighted by atomic mass is 16.6. The first kappa shape index (κ1) is 17.1. The Kier molecular flexibility index (Phi) is 3.25. The Morgan fingerprint density at radius 1 is 0.897 bits per heavy atom. The standard InChI is InChI=1S/C22H14O7/c1-10-6-14-17(9-13(10)20(25)26)22(29-21(14)27)15-4-2-11(23)7-18(15)28-19-8-12(24)3-5-16(19)22/h2-9,23-24H,1H3,(H,25,26). The number of hydrogen-bond acceptors (Lipinski definition) is 6. The van der Waals surface area contributed by atoms with Crippen LogP contribution in [0, 0.1) is 6.92 Å². The van der Waals surface area contributed by atoms with Crippen molar-refractivity contribution in [3.05, 3.63) is 81.9 Å². The maximum absolute atomic E-state index is 12.8. The molecule has 2 aliphatic heterocycles. The van der Waals surface area contributed by atoms with Gasteiger partial charge in [-0.1, -0.05) is 0 Å². The van der Waals surface area contributed by atoms with Crippen LogP contribution in [0.15, 0.2) is 48.5 Å². The van der Waals surface area contributed by atoms with E-state index in [4.69, 9.17) is 9.47 Å². The molecule has 29 heavy (non-hydrogen) atoms. The Hall–Kier alpha value is -4.00. The highest BCUT2D eigenvalue weighted by molar-refractivity contribution is 6.00. The minimum atomic E-state index is -1.46. The van der Waals surface area contributed by atoms with E-state index in [1.54, 1.807) is 19.1 Å². The van der Waals surface area contributed by atoms with Crippen LogP contribution in [0.25, 0.3) is 0 Å². The van der Waals surface area contributed by atoms with Crippen molar-refractivity contribution in [2.75, 3.05) is 0 Å². The average Bonchev–Trinajstić information content (AvgIpc) is 2.93. The van der Waals surface area contributed by atoms with Gasteiger partial charge < -0.3 is 24.8 Å². The van der Waals surface area contributed by atoms with Crippen molar-refractivity contribution in [2.24, 2.45) is 0 Å². The first-order valence-electron chi connectivity index (χ1n) is 8.78. The first-order valence-corrected chi connectivity index (χ1v) is 8.78. The zero-order chi connectivity index (χ0) is 20.5. The van der Waals surface area contributed by atoms with Crippen LogP contribution in [0.3, 0.4) is 0 Å². The number of carboxylic acids is 1. The fraction of sp³-hybridized carbons (Fsp3) is 0.0909. The number of carbonyl (C=O) groups excluding carboxylic acids is 1. The Morgan fingerprint density at radius 2 is 1.48 bits per heavy atom. The van der Waals surface area contributed by atoms with Gasteiger partial charge in [0.1, 0.15) is 23.0 Å². The van der Waals surface area contributed by atoms with Gasteiger partial charge in [-0.15, -0.1) is 0 Å². The van der Waals surface area contributed by atoms with Crippen LogP contribution in [0.1, 0.15) is 43.0 Å². The van der Waals surface area contributed by atoms with E-state index in [9.17, 15) is 24.9 Å². The number of phenolic OH excluding ortho intramolecular Hbond substituents is 2. The molecule has 0 unspecified atom stereocenters. The molecule has 0 fully saturated rings. The Labute approximate surface area is 164 Å². The fourth-order valence-corrected chi connectivity index (χ4v) is 4.08. The number of aromatic hydroxyl groups is 2. The molecule has 0 saturated heterocycles. The Morgan fingerprint density at radius 3 is 2.03 bits per heavy atom. The lowest BCUT2D eigenvalue weighted by Crippen LogP contribution is -2.33. The predicted octanol–water partition coefficient (Wildman–Crippen LogP) is 3.67. The molecule has 0 saturated carbocycles. The van der Waals surface area contributed by atoms with E-state index in [-0.39, 0.29) is 34.1 Å². The summed E-state index contributed by atoms with van der Waals surface area (Å²) in [5, 5.41) is 29.4. The summed E-state index contributed by atoms with van der Waals surface area (Å²) in [5.74, 6) is -1.35. The molecule has 2 heterocycles. The third-order valence-corrected chi connectivity index (χ3v) is 5.35. The van der Waals surface area contributed by atoms with E-state index < -0.39 is 17.5 Å². The van der Waals surface area contributed by atoms with Crippen LogP contribution < -0.4 is 4.74 Å². The van der Waals surface area contributed by atoms with Gasteiger partial charge >= 0.3 is 11.9 Å². The number of esters is 1. The molecule has 0 aromatic heterocycles. The second-order valence-electron chi connectivity index (χ2n) is 7.05. The number of ether oxygens (including phenoxy) is 2. The number of carbonyl (C=O) groups is 2. The van der Waals surface area contributed by atoms with Crippen molar-refractivity contribution >= 4 is 11.9 Å². The quantitative estimate of drug-likeness (QED) is 0.543. The number of benzene rings is 3. The third kappa shape index (κ3) is 2.18. The zero-order valence-corrected chi connectivity index (χ0v) is 15.1. The molecule has 3 N–H and O–H groups in total. The van der Waals surface area contributed by atoms with E-state index in [0.717, 1.165) is 0 Å². The molecule has 0 atom stereocenters. The summed E-state index contributed by atoms with van der Waals surface area (Å²) in [6, 6.07) is 11.7. The lowest BCUT2D eigenvalue weighted by molar-refractivity contribution is 0.0224. The van der Waals surface area contributed by atoms with Gasteiger partial charge in [0, 0.05) is 28.8 Å². The van der Waals surface area contributed by atoms with Crippen molar-refractivity contribution in [3.8, 4) is 23.0 Å². The van der Waals surface area contributed by atoms with Gasteiger partial charge in [-0.05, 0) is 48.9 Å². The summed E-state index contributed by atoms with van der Waals surface area (Å²) in [6.45, 7) is 1.62. The molecule has 7 nitrogen and oxygen atoms in total. The van der Waals surface area contributed by atoms with E-state index in [1.807, 2.05) is 0 Å². The van der Waals surface area contributed by atoms with E-state index in [0.29, 0.717) is 22.3 Å². The second kappa shape index (κ2) is 5.51. The second-order valence-corrected chi connectivity index (χ2v) is 7.05. The minimum absolute atomic E-state index is 0.0496. The number of rotatable bonds is 1. The molecule has 0 bridgehead atoms. The number of aromatic carboxylic acids is 1. The van der Waals surface area contributed by atoms with Crippen LogP contribution in [0.5, 0.6) is 23.0 Å². The predicted molar refractivity (Wildman–Crippen MR) is 99.7 cm³/mol. The van der Waals surface area contributed by atoms with Gasteiger partial charge in [0.2, 0.25) is 0 Å². The van der Waals surface area contributed by atoms with Crippen molar-refractivity contribution in [2.45, 2.75) is 12.5 Å². The summed E-state index contributed by atoms with van der Waals surface area (Å²) in [6.07, 6.45) is 0. The van der Waals surface area contributed by atoms with Crippen molar-refractivity contribution in [1.82, 2.24) is 0 Å². The smallest absolute Gasteiger partial charge is 0.340 e. The molecular weight excluding hydrogens is 376 g/mol. The number of fused-ring (bicyclic) bond motifs is 6. The van der Waals surface area contributed by atoms with Gasteiger partial charge in [-0.2, -0.15) is 0 Å². The molecule has 7 heteroatoms. The number of hydrogen-bond donors (Lipinski definition) is 3.